The molecule has 0 radical (unpaired) electrons. The second kappa shape index (κ2) is 7.01. The van der Waals surface area contributed by atoms with Crippen molar-refractivity contribution >= 4 is 17.3 Å². The van der Waals surface area contributed by atoms with E-state index in [0.717, 1.165) is 5.69 Å². The quantitative estimate of drug-likeness (QED) is 0.788. The van der Waals surface area contributed by atoms with E-state index in [1.165, 1.54) is 0 Å². The fourth-order valence-electron chi connectivity index (χ4n) is 1.97. The number of hydrogen-bond acceptors (Lipinski definition) is 3. The molecule has 2 N–H and O–H groups in total. The Labute approximate surface area is 109 Å². The molecule has 0 aliphatic carbocycles. The normalized spacial score (nSPS) is 12.2. The van der Waals surface area contributed by atoms with Crippen LogP contribution in [0, 0.1) is 5.92 Å². The van der Waals surface area contributed by atoms with Crippen molar-refractivity contribution in [2.45, 2.75) is 20.3 Å². The fourth-order valence-corrected chi connectivity index (χ4v) is 1.97. The maximum absolute atomic E-state index is 12.2. The van der Waals surface area contributed by atoms with Crippen molar-refractivity contribution in [2.75, 3.05) is 30.9 Å². The molecule has 1 amide bonds. The number of nitrogens with two attached hydrogens (primary N) is 1. The van der Waals surface area contributed by atoms with Crippen LogP contribution in [0.5, 0.6) is 0 Å². The molecule has 1 aromatic carbocycles. The van der Waals surface area contributed by atoms with Crippen LogP contribution in [-0.2, 0) is 9.53 Å². The van der Waals surface area contributed by atoms with Gasteiger partial charge in [0.2, 0.25) is 5.91 Å². The van der Waals surface area contributed by atoms with E-state index in [1.54, 1.807) is 12.0 Å². The number of rotatable bonds is 6. The smallest absolute Gasteiger partial charge is 0.227 e. The average Bonchev–Trinajstić information content (AvgIpc) is 2.32. The van der Waals surface area contributed by atoms with Crippen LogP contribution in [0.25, 0.3) is 0 Å². The number of carbonyl (C=O) groups excluding carboxylic acids is 1. The summed E-state index contributed by atoms with van der Waals surface area (Å²) in [7, 11) is 1.65. The first kappa shape index (κ1) is 14.5. The lowest BCUT2D eigenvalue weighted by Gasteiger charge is -2.24. The molecule has 0 aliphatic rings. The zero-order valence-corrected chi connectivity index (χ0v) is 11.3. The molecule has 0 aliphatic heterocycles. The minimum absolute atomic E-state index is 0.0833. The van der Waals surface area contributed by atoms with Gasteiger partial charge in [0.15, 0.2) is 0 Å². The largest absolute Gasteiger partial charge is 0.397 e. The highest BCUT2D eigenvalue weighted by Crippen LogP contribution is 2.23. The average molecular weight is 250 g/mol. The first-order valence-corrected chi connectivity index (χ1v) is 6.24. The molecule has 100 valence electrons. The summed E-state index contributed by atoms with van der Waals surface area (Å²) in [6, 6.07) is 7.44. The summed E-state index contributed by atoms with van der Waals surface area (Å²) in [5.74, 6) is 0.293. The van der Waals surface area contributed by atoms with E-state index in [1.807, 2.05) is 38.1 Å². The second-order valence-corrected chi connectivity index (χ2v) is 4.46. The predicted molar refractivity (Wildman–Crippen MR) is 74.5 cm³/mol. The topological polar surface area (TPSA) is 55.6 Å². The van der Waals surface area contributed by atoms with Crippen molar-refractivity contribution in [3.8, 4) is 0 Å². The zero-order chi connectivity index (χ0) is 13.5. The SMILES string of the molecule is CCN(C(=O)CC(C)COC)c1ccccc1N. The van der Waals surface area contributed by atoms with E-state index in [2.05, 4.69) is 0 Å². The van der Waals surface area contributed by atoms with E-state index in [9.17, 15) is 4.79 Å². The van der Waals surface area contributed by atoms with Crippen molar-refractivity contribution in [1.29, 1.82) is 0 Å². The summed E-state index contributed by atoms with van der Waals surface area (Å²) in [5, 5.41) is 0. The van der Waals surface area contributed by atoms with Gasteiger partial charge in [0.05, 0.1) is 11.4 Å². The predicted octanol–water partition coefficient (Wildman–Crippen LogP) is 2.29. The summed E-state index contributed by atoms with van der Waals surface area (Å²) in [5.41, 5.74) is 7.32. The van der Waals surface area contributed by atoms with Gasteiger partial charge in [-0.1, -0.05) is 19.1 Å². The monoisotopic (exact) mass is 250 g/mol. The lowest BCUT2D eigenvalue weighted by atomic mass is 10.1. The minimum Gasteiger partial charge on any atom is -0.397 e. The van der Waals surface area contributed by atoms with Gasteiger partial charge in [-0.2, -0.15) is 0 Å². The lowest BCUT2D eigenvalue weighted by Crippen LogP contribution is -2.32. The molecule has 0 bridgehead atoms. The molecule has 4 nitrogen and oxygen atoms in total. The summed E-state index contributed by atoms with van der Waals surface area (Å²) in [4.78, 5) is 14.0. The van der Waals surface area contributed by atoms with Crippen LogP contribution in [0.4, 0.5) is 11.4 Å². The van der Waals surface area contributed by atoms with E-state index in [0.29, 0.717) is 25.3 Å². The molecule has 0 saturated carbocycles. The van der Waals surface area contributed by atoms with Gasteiger partial charge in [0.25, 0.3) is 0 Å². The molecule has 0 spiro atoms. The van der Waals surface area contributed by atoms with Crippen molar-refractivity contribution in [1.82, 2.24) is 0 Å². The number of hydrogen-bond donors (Lipinski definition) is 1. The molecule has 0 fully saturated rings. The van der Waals surface area contributed by atoms with Crippen LogP contribution < -0.4 is 10.6 Å². The van der Waals surface area contributed by atoms with Gasteiger partial charge in [-0.05, 0) is 25.0 Å². The Morgan fingerprint density at radius 3 is 2.67 bits per heavy atom. The van der Waals surface area contributed by atoms with Gasteiger partial charge in [-0.15, -0.1) is 0 Å². The van der Waals surface area contributed by atoms with E-state index in [4.69, 9.17) is 10.5 Å². The maximum atomic E-state index is 12.2. The Bertz CT molecular complexity index is 393. The van der Waals surface area contributed by atoms with Gasteiger partial charge in [-0.3, -0.25) is 4.79 Å². The number of amides is 1. The Hall–Kier alpha value is -1.55. The second-order valence-electron chi connectivity index (χ2n) is 4.46. The fraction of sp³-hybridized carbons (Fsp3) is 0.500. The number of para-hydroxylation sites is 2. The highest BCUT2D eigenvalue weighted by molar-refractivity contribution is 5.96. The number of nitrogen functional groups attached to an aromatic ring is 1. The van der Waals surface area contributed by atoms with Crippen molar-refractivity contribution in [3.05, 3.63) is 24.3 Å². The lowest BCUT2D eigenvalue weighted by molar-refractivity contribution is -0.119. The van der Waals surface area contributed by atoms with Crippen LogP contribution in [0.3, 0.4) is 0 Å². The molecule has 4 heteroatoms. The first-order chi connectivity index (χ1) is 8.60. The number of anilines is 2. The summed E-state index contributed by atoms with van der Waals surface area (Å²) in [6.07, 6.45) is 0.468. The molecule has 1 aromatic rings. The molecule has 0 aromatic heterocycles. The van der Waals surface area contributed by atoms with Crippen LogP contribution in [0.1, 0.15) is 20.3 Å². The van der Waals surface area contributed by atoms with Crippen LogP contribution in [-0.4, -0.2) is 26.2 Å². The standard InChI is InChI=1S/C14H22N2O2/c1-4-16(13-8-6-5-7-12(13)15)14(17)9-11(2)10-18-3/h5-8,11H,4,9-10,15H2,1-3H3. The Morgan fingerprint density at radius 1 is 1.44 bits per heavy atom. The molecular formula is C14H22N2O2. The van der Waals surface area contributed by atoms with Crippen molar-refractivity contribution < 1.29 is 9.53 Å². The molecule has 0 heterocycles. The Morgan fingerprint density at radius 2 is 2.11 bits per heavy atom. The minimum atomic E-state index is 0.0833. The summed E-state index contributed by atoms with van der Waals surface area (Å²) in [6.45, 7) is 5.16. The van der Waals surface area contributed by atoms with Gasteiger partial charge >= 0.3 is 0 Å². The third-order valence-corrected chi connectivity index (χ3v) is 2.82. The van der Waals surface area contributed by atoms with Crippen molar-refractivity contribution in [3.63, 3.8) is 0 Å². The summed E-state index contributed by atoms with van der Waals surface area (Å²) >= 11 is 0. The van der Waals surface area contributed by atoms with E-state index in [-0.39, 0.29) is 11.8 Å². The molecule has 1 unspecified atom stereocenters. The number of benzene rings is 1. The van der Waals surface area contributed by atoms with Gasteiger partial charge in [0, 0.05) is 26.7 Å². The first-order valence-electron chi connectivity index (χ1n) is 6.24. The Balaban J connectivity index is 2.78. The molecule has 0 saturated heterocycles. The van der Waals surface area contributed by atoms with Crippen LogP contribution >= 0.6 is 0 Å². The van der Waals surface area contributed by atoms with Gasteiger partial charge < -0.3 is 15.4 Å². The van der Waals surface area contributed by atoms with Gasteiger partial charge in [-0.25, -0.2) is 0 Å². The number of ether oxygens (including phenoxy) is 1. The highest BCUT2D eigenvalue weighted by Gasteiger charge is 2.18. The number of methoxy groups -OCH3 is 1. The third-order valence-electron chi connectivity index (χ3n) is 2.82. The van der Waals surface area contributed by atoms with Gasteiger partial charge in [0.1, 0.15) is 0 Å². The highest BCUT2D eigenvalue weighted by atomic mass is 16.5. The maximum Gasteiger partial charge on any atom is 0.227 e. The van der Waals surface area contributed by atoms with Crippen LogP contribution in [0.15, 0.2) is 24.3 Å². The summed E-state index contributed by atoms with van der Waals surface area (Å²) < 4.78 is 5.05. The molecule has 1 atom stereocenters. The molecule has 1 rings (SSSR count). The molecular weight excluding hydrogens is 228 g/mol. The Kier molecular flexibility index (Phi) is 5.65. The van der Waals surface area contributed by atoms with E-state index < -0.39 is 0 Å². The molecule has 18 heavy (non-hydrogen) atoms. The number of nitrogens with zero attached hydrogens (tertiary/aromatic N) is 1. The van der Waals surface area contributed by atoms with Crippen LogP contribution in [0.2, 0.25) is 0 Å². The van der Waals surface area contributed by atoms with E-state index >= 15 is 0 Å². The number of carbonyl (C=O) groups is 1. The van der Waals surface area contributed by atoms with Crippen molar-refractivity contribution in [2.24, 2.45) is 5.92 Å². The third kappa shape index (κ3) is 3.74. The zero-order valence-electron chi connectivity index (χ0n) is 11.3.